The van der Waals surface area contributed by atoms with Gasteiger partial charge in [0.1, 0.15) is 12.3 Å². The Labute approximate surface area is 213 Å². The molecule has 3 heterocycles. The van der Waals surface area contributed by atoms with Crippen molar-refractivity contribution in [3.8, 4) is 11.5 Å². The summed E-state index contributed by atoms with van der Waals surface area (Å²) in [6.45, 7) is 2.96. The number of amides is 1. The Kier molecular flexibility index (Phi) is 7.82. The molecule has 36 heavy (non-hydrogen) atoms. The number of carbonyl (C=O) groups excluding carboxylic acids is 2. The molecular formula is C28H39N3O5. The maximum absolute atomic E-state index is 14.0. The zero-order valence-electron chi connectivity index (χ0n) is 21.4. The zero-order chi connectivity index (χ0) is 25.0. The molecule has 8 nitrogen and oxygen atoms in total. The van der Waals surface area contributed by atoms with E-state index >= 15 is 0 Å². The van der Waals surface area contributed by atoms with Crippen LogP contribution in [0.15, 0.2) is 24.3 Å². The van der Waals surface area contributed by atoms with Crippen LogP contribution in [0.25, 0.3) is 5.70 Å². The molecule has 1 N–H and O–H groups in total. The fourth-order valence-corrected chi connectivity index (χ4v) is 6.05. The summed E-state index contributed by atoms with van der Waals surface area (Å²) in [7, 11) is 1.64. The van der Waals surface area contributed by atoms with Crippen molar-refractivity contribution in [1.29, 1.82) is 0 Å². The van der Waals surface area contributed by atoms with Gasteiger partial charge in [-0.25, -0.2) is 0 Å². The molecule has 2 atom stereocenters. The number of likely N-dealkylation sites (tertiary alicyclic amines) is 2. The monoisotopic (exact) mass is 497 g/mol. The van der Waals surface area contributed by atoms with Crippen molar-refractivity contribution >= 4 is 17.9 Å². The fourth-order valence-electron chi connectivity index (χ4n) is 6.05. The predicted molar refractivity (Wildman–Crippen MR) is 137 cm³/mol. The molecule has 2 saturated heterocycles. The number of ether oxygens (including phenoxy) is 2. The van der Waals surface area contributed by atoms with Gasteiger partial charge in [0.25, 0.3) is 5.91 Å². The van der Waals surface area contributed by atoms with Crippen molar-refractivity contribution in [3.63, 3.8) is 0 Å². The highest BCUT2D eigenvalue weighted by Gasteiger charge is 2.54. The van der Waals surface area contributed by atoms with Gasteiger partial charge in [0.2, 0.25) is 5.60 Å². The number of hydrogen-bond acceptors (Lipinski definition) is 7. The molecule has 196 valence electrons. The number of nitrogens with zero attached hydrogens (tertiary/aromatic N) is 2. The SMILES string of the molecule is COc1ccc(C2=CC(C(=O)N3CCCCC3)(C(C=O)N3CCCCC3)ON2)cc1OC1CCCC1. The summed E-state index contributed by atoms with van der Waals surface area (Å²) in [6.07, 6.45) is 13.6. The quantitative estimate of drug-likeness (QED) is 0.549. The van der Waals surface area contributed by atoms with Gasteiger partial charge in [0.15, 0.2) is 11.5 Å². The Bertz CT molecular complexity index is 964. The molecule has 0 radical (unpaired) electrons. The van der Waals surface area contributed by atoms with Gasteiger partial charge >= 0.3 is 0 Å². The lowest BCUT2D eigenvalue weighted by atomic mass is 9.88. The van der Waals surface area contributed by atoms with E-state index in [4.69, 9.17) is 14.3 Å². The summed E-state index contributed by atoms with van der Waals surface area (Å²) in [5, 5.41) is 0. The third-order valence-electron chi connectivity index (χ3n) is 8.09. The zero-order valence-corrected chi connectivity index (χ0v) is 21.4. The van der Waals surface area contributed by atoms with E-state index in [9.17, 15) is 9.59 Å². The predicted octanol–water partition coefficient (Wildman–Crippen LogP) is 3.70. The van der Waals surface area contributed by atoms with E-state index in [1.807, 2.05) is 29.2 Å². The minimum atomic E-state index is -1.40. The molecule has 1 saturated carbocycles. The Morgan fingerprint density at radius 3 is 2.39 bits per heavy atom. The lowest BCUT2D eigenvalue weighted by Crippen LogP contribution is -2.63. The molecule has 0 bridgehead atoms. The summed E-state index contributed by atoms with van der Waals surface area (Å²) in [5.41, 5.74) is 3.13. The Morgan fingerprint density at radius 1 is 1.03 bits per heavy atom. The van der Waals surface area contributed by atoms with Gasteiger partial charge in [0.05, 0.1) is 18.9 Å². The number of carbonyl (C=O) groups is 2. The summed E-state index contributed by atoms with van der Waals surface area (Å²) in [5.74, 6) is 1.23. The summed E-state index contributed by atoms with van der Waals surface area (Å²) in [4.78, 5) is 36.8. The Morgan fingerprint density at radius 2 is 1.72 bits per heavy atom. The molecule has 8 heteroatoms. The Balaban J connectivity index is 1.49. The van der Waals surface area contributed by atoms with Crippen LogP contribution in [-0.2, 0) is 14.4 Å². The van der Waals surface area contributed by atoms with Crippen LogP contribution in [0.3, 0.4) is 0 Å². The second-order valence-electron chi connectivity index (χ2n) is 10.5. The molecular weight excluding hydrogens is 458 g/mol. The van der Waals surface area contributed by atoms with Crippen LogP contribution >= 0.6 is 0 Å². The molecule has 3 fully saturated rings. The van der Waals surface area contributed by atoms with Crippen molar-refractivity contribution in [2.24, 2.45) is 0 Å². The third kappa shape index (κ3) is 4.98. The van der Waals surface area contributed by atoms with Crippen molar-refractivity contribution in [2.45, 2.75) is 82.0 Å². The fraction of sp³-hybridized carbons (Fsp3) is 0.643. The molecule has 3 aliphatic heterocycles. The summed E-state index contributed by atoms with van der Waals surface area (Å²) >= 11 is 0. The van der Waals surface area contributed by atoms with E-state index in [0.29, 0.717) is 30.3 Å². The van der Waals surface area contributed by atoms with E-state index in [1.165, 1.54) is 12.8 Å². The van der Waals surface area contributed by atoms with Gasteiger partial charge in [-0.15, -0.1) is 0 Å². The average Bonchev–Trinajstić information content (AvgIpc) is 3.61. The van der Waals surface area contributed by atoms with Crippen molar-refractivity contribution < 1.29 is 23.9 Å². The lowest BCUT2D eigenvalue weighted by Gasteiger charge is -2.42. The minimum Gasteiger partial charge on any atom is -0.493 e. The number of nitrogens with one attached hydrogen (secondary N) is 1. The van der Waals surface area contributed by atoms with Crippen molar-refractivity contribution in [3.05, 3.63) is 29.8 Å². The first kappa shape index (κ1) is 25.1. The maximum atomic E-state index is 14.0. The molecule has 0 aromatic heterocycles. The van der Waals surface area contributed by atoms with E-state index in [2.05, 4.69) is 10.4 Å². The highest BCUT2D eigenvalue weighted by atomic mass is 16.7. The van der Waals surface area contributed by atoms with Crippen molar-refractivity contribution in [2.75, 3.05) is 33.3 Å². The molecule has 2 unspecified atom stereocenters. The second kappa shape index (κ2) is 11.2. The topological polar surface area (TPSA) is 80.3 Å². The minimum absolute atomic E-state index is 0.136. The molecule has 5 rings (SSSR count). The van der Waals surface area contributed by atoms with E-state index in [0.717, 1.165) is 76.3 Å². The standard InChI is InChI=1S/C28H39N3O5/c1-34-24-13-12-21(18-25(24)35-22-10-4-5-11-22)23-19-28(36-29-23,27(33)31-16-8-3-9-17-31)26(20-32)30-14-6-2-7-15-30/h12-13,18-20,22,26,29H,2-11,14-17H2,1H3. The number of aldehydes is 1. The molecule has 0 spiro atoms. The third-order valence-corrected chi connectivity index (χ3v) is 8.09. The smallest absolute Gasteiger partial charge is 0.263 e. The van der Waals surface area contributed by atoms with Crippen LogP contribution in [0.5, 0.6) is 11.5 Å². The number of piperidine rings is 2. The van der Waals surface area contributed by atoms with Gasteiger partial charge in [-0.05, 0) is 95.2 Å². The molecule has 1 aromatic rings. The Hall–Kier alpha value is -2.58. The maximum Gasteiger partial charge on any atom is 0.263 e. The highest BCUT2D eigenvalue weighted by molar-refractivity contribution is 5.95. The van der Waals surface area contributed by atoms with Gasteiger partial charge in [-0.3, -0.25) is 20.0 Å². The van der Waals surface area contributed by atoms with Crippen LogP contribution < -0.4 is 15.0 Å². The van der Waals surface area contributed by atoms with E-state index in [-0.39, 0.29) is 12.0 Å². The molecule has 1 aliphatic carbocycles. The largest absolute Gasteiger partial charge is 0.493 e. The number of hydrogen-bond donors (Lipinski definition) is 1. The summed E-state index contributed by atoms with van der Waals surface area (Å²) < 4.78 is 11.9. The number of hydroxylamine groups is 1. The van der Waals surface area contributed by atoms with Crippen LogP contribution in [0.1, 0.15) is 69.8 Å². The number of rotatable bonds is 8. The van der Waals surface area contributed by atoms with Crippen LogP contribution in [0, 0.1) is 0 Å². The molecule has 4 aliphatic rings. The van der Waals surface area contributed by atoms with Crippen LogP contribution in [-0.4, -0.2) is 73.0 Å². The number of benzene rings is 1. The highest BCUT2D eigenvalue weighted by Crippen LogP contribution is 2.38. The van der Waals surface area contributed by atoms with Gasteiger partial charge in [-0.1, -0.05) is 6.42 Å². The van der Waals surface area contributed by atoms with Crippen LogP contribution in [0.2, 0.25) is 0 Å². The van der Waals surface area contributed by atoms with Crippen LogP contribution in [0.4, 0.5) is 0 Å². The first-order chi connectivity index (χ1) is 17.6. The van der Waals surface area contributed by atoms with E-state index in [1.54, 1.807) is 7.11 Å². The van der Waals surface area contributed by atoms with Gasteiger partial charge in [0, 0.05) is 18.7 Å². The van der Waals surface area contributed by atoms with Gasteiger partial charge in [-0.2, -0.15) is 0 Å². The molecule has 1 aromatic carbocycles. The summed E-state index contributed by atoms with van der Waals surface area (Å²) in [6, 6.07) is 5.07. The lowest BCUT2D eigenvalue weighted by molar-refractivity contribution is -0.167. The number of methoxy groups -OCH3 is 1. The van der Waals surface area contributed by atoms with Crippen molar-refractivity contribution in [1.82, 2.24) is 15.3 Å². The van der Waals surface area contributed by atoms with Gasteiger partial charge < -0.3 is 19.2 Å². The second-order valence-corrected chi connectivity index (χ2v) is 10.5. The molecule has 1 amide bonds. The van der Waals surface area contributed by atoms with E-state index < -0.39 is 11.6 Å². The average molecular weight is 498 g/mol. The first-order valence-electron chi connectivity index (χ1n) is 13.7. The normalized spacial score (nSPS) is 26.2. The first-order valence-corrected chi connectivity index (χ1v) is 13.7.